The van der Waals surface area contributed by atoms with Crippen LogP contribution in [0.15, 0.2) is 107 Å². The number of rotatable bonds is 18. The molecule has 314 valence electrons. The van der Waals surface area contributed by atoms with Crippen LogP contribution < -0.4 is 21.3 Å². The number of nitro benzene ring substituents is 1. The topological polar surface area (TPSA) is 128 Å². The smallest absolute Gasteiger partial charge is 0.293 e. The summed E-state index contributed by atoms with van der Waals surface area (Å²) < 4.78 is 2.10. The van der Waals surface area contributed by atoms with Gasteiger partial charge in [-0.3, -0.25) is 14.9 Å². The highest BCUT2D eigenvalue weighted by molar-refractivity contribution is 8.02. The Morgan fingerprint density at radius 2 is 1.71 bits per heavy atom. The molecule has 1 aliphatic heterocycles. The van der Waals surface area contributed by atoms with Gasteiger partial charge in [0.05, 0.1) is 16.2 Å². The molecule has 59 heavy (non-hydrogen) atoms. The lowest BCUT2D eigenvalue weighted by Crippen LogP contribution is -2.45. The quantitative estimate of drug-likeness (QED) is 0.0392. The van der Waals surface area contributed by atoms with E-state index in [9.17, 15) is 14.9 Å². The van der Waals surface area contributed by atoms with Crippen LogP contribution in [0.2, 0.25) is 5.02 Å². The van der Waals surface area contributed by atoms with Crippen molar-refractivity contribution in [1.82, 2.24) is 24.6 Å². The third-order valence-electron chi connectivity index (χ3n) is 10.4. The molecule has 1 atom stereocenters. The maximum Gasteiger partial charge on any atom is 0.293 e. The van der Waals surface area contributed by atoms with Gasteiger partial charge >= 0.3 is 0 Å². The Morgan fingerprint density at radius 3 is 2.37 bits per heavy atom. The Hall–Kier alpha value is -5.21. The van der Waals surface area contributed by atoms with E-state index in [0.29, 0.717) is 22.8 Å². The van der Waals surface area contributed by atoms with Crippen molar-refractivity contribution in [3.63, 3.8) is 0 Å². The summed E-state index contributed by atoms with van der Waals surface area (Å²) in [5.74, 6) is -0.0979. The van der Waals surface area contributed by atoms with Crippen LogP contribution in [-0.4, -0.2) is 110 Å². The maximum absolute atomic E-state index is 13.9. The molecule has 4 aromatic rings. The van der Waals surface area contributed by atoms with E-state index in [2.05, 4.69) is 54.2 Å². The molecule has 1 saturated heterocycles. The highest BCUT2D eigenvalue weighted by Gasteiger charge is 2.27. The Kier molecular flexibility index (Phi) is 16.1. The molecule has 0 spiro atoms. The van der Waals surface area contributed by atoms with Crippen LogP contribution in [0.3, 0.4) is 0 Å². The Balaban J connectivity index is 1.33. The molecule has 14 heteroatoms. The number of aromatic nitrogens is 1. The number of nitro groups is 1. The third kappa shape index (κ3) is 11.9. The summed E-state index contributed by atoms with van der Waals surface area (Å²) in [4.78, 5) is 35.2. The standard InChI is InChI=1S/C45H58ClN9O3S/c1-32(19-23-50(3)4)49-40-18-17-39(31-41(40)55(57)58)59-29-20-37(12-9-21-47)53-25-27-54(28-26-53)38-11-8-10-35(30-38)43-42(45(56)48-22-24-51(5)6)33(2)52(7)44(43)34-13-15-36(46)16-14-34/h8-18,20-21,29-32,49H,19,22-28,47H2,1-7H3,(H,48,56)/b21-9+,29-20-,37-12+/t32-/m0/s1. The first-order valence-electron chi connectivity index (χ1n) is 19.9. The minimum Gasteiger partial charge on any atom is -0.405 e. The second-order valence-electron chi connectivity index (χ2n) is 15.3. The number of thioether (sulfide) groups is 1. The van der Waals surface area contributed by atoms with Gasteiger partial charge in [-0.15, -0.1) is 0 Å². The predicted octanol–water partition coefficient (Wildman–Crippen LogP) is 8.06. The van der Waals surface area contributed by atoms with E-state index in [0.717, 1.165) is 90.0 Å². The minimum absolute atomic E-state index is 0.0604. The summed E-state index contributed by atoms with van der Waals surface area (Å²) in [5, 5.41) is 21.1. The van der Waals surface area contributed by atoms with E-state index in [1.165, 1.54) is 18.0 Å². The first-order valence-corrected chi connectivity index (χ1v) is 21.1. The van der Waals surface area contributed by atoms with Gasteiger partial charge in [0.25, 0.3) is 11.6 Å². The van der Waals surface area contributed by atoms with Crippen LogP contribution in [0.4, 0.5) is 17.1 Å². The fraction of sp³-hybridized carbons (Fsp3) is 0.356. The number of carbonyl (C=O) groups is 1. The maximum atomic E-state index is 13.9. The lowest BCUT2D eigenvalue weighted by Gasteiger charge is -2.38. The van der Waals surface area contributed by atoms with Crippen LogP contribution in [0.5, 0.6) is 0 Å². The molecule has 1 aromatic heterocycles. The number of hydrogen-bond donors (Lipinski definition) is 3. The number of likely N-dealkylation sites (N-methyl/N-ethyl adjacent to an activating group) is 1. The molecule has 12 nitrogen and oxygen atoms in total. The molecule has 0 saturated carbocycles. The summed E-state index contributed by atoms with van der Waals surface area (Å²) in [6.45, 7) is 9.28. The minimum atomic E-state index is -0.329. The summed E-state index contributed by atoms with van der Waals surface area (Å²) in [7, 11) is 10.0. The molecule has 0 bridgehead atoms. The van der Waals surface area contributed by atoms with E-state index < -0.39 is 0 Å². The number of nitrogens with zero attached hydrogens (tertiary/aromatic N) is 6. The van der Waals surface area contributed by atoms with Gasteiger partial charge in [-0.25, -0.2) is 0 Å². The fourth-order valence-corrected chi connectivity index (χ4v) is 7.94. The Bertz CT molecular complexity index is 2160. The highest BCUT2D eigenvalue weighted by atomic mass is 35.5. The monoisotopic (exact) mass is 839 g/mol. The molecular formula is C45H58ClN9O3S. The fourth-order valence-electron chi connectivity index (χ4n) is 7.12. The van der Waals surface area contributed by atoms with Crippen LogP contribution >= 0.6 is 23.4 Å². The van der Waals surface area contributed by atoms with E-state index in [1.807, 2.05) is 108 Å². The van der Waals surface area contributed by atoms with Crippen molar-refractivity contribution in [2.24, 2.45) is 12.8 Å². The van der Waals surface area contributed by atoms with Crippen molar-refractivity contribution in [1.29, 1.82) is 0 Å². The number of halogens is 1. The Labute approximate surface area is 358 Å². The van der Waals surface area contributed by atoms with E-state index in [1.54, 1.807) is 12.1 Å². The van der Waals surface area contributed by atoms with Crippen molar-refractivity contribution in [2.45, 2.75) is 31.2 Å². The molecule has 1 amide bonds. The van der Waals surface area contributed by atoms with Crippen LogP contribution in [0, 0.1) is 17.0 Å². The van der Waals surface area contributed by atoms with E-state index in [-0.39, 0.29) is 22.6 Å². The Morgan fingerprint density at radius 1 is 1.00 bits per heavy atom. The predicted molar refractivity (Wildman–Crippen MR) is 246 cm³/mol. The number of carbonyl (C=O) groups excluding carboxylic acids is 1. The molecule has 1 aliphatic rings. The van der Waals surface area contributed by atoms with Crippen LogP contribution in [0.1, 0.15) is 29.4 Å². The molecule has 3 aromatic carbocycles. The van der Waals surface area contributed by atoms with Gasteiger partial charge in [-0.1, -0.05) is 47.6 Å². The molecule has 5 rings (SSSR count). The van der Waals surface area contributed by atoms with Gasteiger partial charge in [-0.05, 0) is 132 Å². The molecule has 1 fully saturated rings. The molecule has 0 unspecified atom stereocenters. The first-order chi connectivity index (χ1) is 28.3. The SMILES string of the molecule is Cc1c(C(=O)NCCN(C)C)c(-c2cccc(N3CCN(C(/C=C\Sc4ccc(N[C@@H](C)CCN(C)C)c([N+](=O)[O-])c4)=C/C=C/N)CC3)c2)c(-c2ccc(Cl)cc2)n1C. The lowest BCUT2D eigenvalue weighted by atomic mass is 9.95. The number of allylic oxidation sites excluding steroid dienone is 3. The van der Waals surface area contributed by atoms with Crippen LogP contribution in [-0.2, 0) is 7.05 Å². The van der Waals surface area contributed by atoms with Crippen molar-refractivity contribution in [3.8, 4) is 22.4 Å². The average Bonchev–Trinajstić information content (AvgIpc) is 3.48. The molecular weight excluding hydrogens is 782 g/mol. The number of hydrogen-bond acceptors (Lipinski definition) is 10. The van der Waals surface area contributed by atoms with Gasteiger partial charge in [-0.2, -0.15) is 0 Å². The second kappa shape index (κ2) is 21.2. The average molecular weight is 841 g/mol. The van der Waals surface area contributed by atoms with Gasteiger partial charge < -0.3 is 40.5 Å². The largest absolute Gasteiger partial charge is 0.405 e. The van der Waals surface area contributed by atoms with Crippen molar-refractivity contribution >= 4 is 46.3 Å². The van der Waals surface area contributed by atoms with Gasteiger partial charge in [0.1, 0.15) is 5.69 Å². The van der Waals surface area contributed by atoms with Gasteiger partial charge in [0, 0.05) is 91.0 Å². The molecule has 4 N–H and O–H groups in total. The number of nitrogens with two attached hydrogens (primary N) is 1. The summed E-state index contributed by atoms with van der Waals surface area (Å²) in [6.07, 6.45) is 8.21. The van der Waals surface area contributed by atoms with Crippen molar-refractivity contribution < 1.29 is 9.72 Å². The zero-order chi connectivity index (χ0) is 42.6. The molecule has 0 radical (unpaired) electrons. The molecule has 0 aliphatic carbocycles. The highest BCUT2D eigenvalue weighted by Crippen LogP contribution is 2.40. The lowest BCUT2D eigenvalue weighted by molar-refractivity contribution is -0.384. The number of benzene rings is 3. The third-order valence-corrected chi connectivity index (χ3v) is 11.5. The zero-order valence-corrected chi connectivity index (χ0v) is 36.8. The van der Waals surface area contributed by atoms with E-state index in [4.69, 9.17) is 17.3 Å². The second-order valence-corrected chi connectivity index (χ2v) is 16.7. The number of anilines is 2. The summed E-state index contributed by atoms with van der Waals surface area (Å²) in [5.41, 5.74) is 13.8. The number of piperazine rings is 1. The zero-order valence-electron chi connectivity index (χ0n) is 35.2. The number of amides is 1. The summed E-state index contributed by atoms with van der Waals surface area (Å²) >= 11 is 7.73. The molecule has 2 heterocycles. The first kappa shape index (κ1) is 44.9. The summed E-state index contributed by atoms with van der Waals surface area (Å²) in [6, 6.07) is 21.7. The van der Waals surface area contributed by atoms with Crippen molar-refractivity contribution in [3.05, 3.63) is 129 Å². The van der Waals surface area contributed by atoms with E-state index >= 15 is 0 Å². The normalized spacial score (nSPS) is 14.2. The van der Waals surface area contributed by atoms with Crippen molar-refractivity contribution in [2.75, 3.05) is 84.2 Å². The van der Waals surface area contributed by atoms with Gasteiger partial charge in [0.2, 0.25) is 0 Å². The number of nitrogens with one attached hydrogen (secondary N) is 2. The van der Waals surface area contributed by atoms with Gasteiger partial charge in [0.15, 0.2) is 0 Å². The van der Waals surface area contributed by atoms with Crippen LogP contribution in [0.25, 0.3) is 22.4 Å².